The highest BCUT2D eigenvalue weighted by Gasteiger charge is 2.13. The zero-order valence-electron chi connectivity index (χ0n) is 42.0. The summed E-state index contributed by atoms with van der Waals surface area (Å²) in [6, 6.07) is 30.9. The maximum Gasteiger partial charge on any atom is 0.0736 e. The Bertz CT molecular complexity index is 2370. The standard InChI is InChI=1S/4C15H19N/c1-10(2)12-7-13-9-16-6-5-14(13)15(8-12)11(3)4;1-10(2)13-7-12-5-6-16-9-15(12)14(8-13)11(3)4;1-10(2)12-8-14(11(3)4)13-6-5-7-16-15(13)9-12;1-10(2)13-8-12-6-5-7-16-15(12)14(9-13)11(3)4/h4*5-11H,1-4H3. The molecule has 64 heavy (non-hydrogen) atoms. The Kier molecular flexibility index (Phi) is 17.4. The fourth-order valence-electron chi connectivity index (χ4n) is 8.20. The van der Waals surface area contributed by atoms with Crippen molar-refractivity contribution in [3.05, 3.63) is 167 Å². The normalized spacial score (nSPS) is 11.6. The van der Waals surface area contributed by atoms with E-state index >= 15 is 0 Å². The van der Waals surface area contributed by atoms with Crippen LogP contribution in [0, 0.1) is 0 Å². The van der Waals surface area contributed by atoms with Crippen molar-refractivity contribution in [2.45, 2.75) is 158 Å². The fraction of sp³-hybridized carbons (Fsp3) is 0.400. The van der Waals surface area contributed by atoms with Crippen LogP contribution >= 0.6 is 0 Å². The maximum atomic E-state index is 4.50. The van der Waals surface area contributed by atoms with Gasteiger partial charge in [-0.3, -0.25) is 19.9 Å². The van der Waals surface area contributed by atoms with Crippen LogP contribution in [0.15, 0.2) is 122 Å². The van der Waals surface area contributed by atoms with Gasteiger partial charge in [0, 0.05) is 58.7 Å². The average molecular weight is 853 g/mol. The van der Waals surface area contributed by atoms with E-state index in [9.17, 15) is 0 Å². The first-order valence-corrected chi connectivity index (χ1v) is 23.9. The minimum absolute atomic E-state index is 0.524. The molecule has 0 bridgehead atoms. The summed E-state index contributed by atoms with van der Waals surface area (Å²) in [6.45, 7) is 35.8. The Morgan fingerprint density at radius 2 is 0.750 bits per heavy atom. The molecule has 4 aromatic heterocycles. The molecule has 0 saturated heterocycles. The van der Waals surface area contributed by atoms with Gasteiger partial charge in [0.1, 0.15) is 0 Å². The van der Waals surface area contributed by atoms with E-state index < -0.39 is 0 Å². The highest BCUT2D eigenvalue weighted by Crippen LogP contribution is 2.33. The zero-order valence-corrected chi connectivity index (χ0v) is 42.0. The Balaban J connectivity index is 0.000000161. The molecule has 0 aliphatic carbocycles. The lowest BCUT2D eigenvalue weighted by molar-refractivity contribution is 0.839. The van der Waals surface area contributed by atoms with Crippen molar-refractivity contribution in [3.8, 4) is 0 Å². The summed E-state index contributed by atoms with van der Waals surface area (Å²) in [7, 11) is 0. The molecular formula is C60H76N4. The summed E-state index contributed by atoms with van der Waals surface area (Å²) < 4.78 is 0. The smallest absolute Gasteiger partial charge is 0.0736 e. The summed E-state index contributed by atoms with van der Waals surface area (Å²) in [6.07, 6.45) is 11.4. The van der Waals surface area contributed by atoms with Crippen LogP contribution in [0.2, 0.25) is 0 Å². The molecule has 8 rings (SSSR count). The lowest BCUT2D eigenvalue weighted by Crippen LogP contribution is -1.96. The van der Waals surface area contributed by atoms with Crippen LogP contribution in [0.25, 0.3) is 43.4 Å². The SMILES string of the molecule is CC(C)c1cc(C(C)C)c2cccnc2c1.CC(C)c1cc(C(C)C)c2ccncc2c1.CC(C)c1cc(C(C)C)c2cnccc2c1.CC(C)c1cc(C(C)C)c2ncccc2c1. The van der Waals surface area contributed by atoms with Gasteiger partial charge >= 0.3 is 0 Å². The molecule has 0 amide bonds. The van der Waals surface area contributed by atoms with Crippen LogP contribution in [0.1, 0.15) is 203 Å². The van der Waals surface area contributed by atoms with Gasteiger partial charge < -0.3 is 0 Å². The average Bonchev–Trinajstić information content (AvgIpc) is 3.27. The summed E-state index contributed by atoms with van der Waals surface area (Å²) in [5, 5.41) is 7.76. The van der Waals surface area contributed by atoms with Gasteiger partial charge in [0.25, 0.3) is 0 Å². The summed E-state index contributed by atoms with van der Waals surface area (Å²) in [5.74, 6) is 4.46. The number of benzene rings is 4. The van der Waals surface area contributed by atoms with Gasteiger partial charge in [-0.25, -0.2) is 0 Å². The number of fused-ring (bicyclic) bond motifs is 4. The van der Waals surface area contributed by atoms with E-state index in [4.69, 9.17) is 0 Å². The minimum atomic E-state index is 0.524. The summed E-state index contributed by atoms with van der Waals surface area (Å²) in [5.41, 5.74) is 13.5. The van der Waals surface area contributed by atoms with Crippen LogP contribution in [-0.2, 0) is 0 Å². The third-order valence-electron chi connectivity index (χ3n) is 12.3. The molecule has 8 aromatic rings. The van der Waals surface area contributed by atoms with Crippen molar-refractivity contribution in [1.29, 1.82) is 0 Å². The first-order chi connectivity index (χ1) is 30.4. The van der Waals surface area contributed by atoms with Crippen LogP contribution in [0.4, 0.5) is 0 Å². The van der Waals surface area contributed by atoms with Gasteiger partial charge in [-0.1, -0.05) is 153 Å². The van der Waals surface area contributed by atoms with E-state index in [2.05, 4.69) is 204 Å². The minimum Gasteiger partial charge on any atom is -0.264 e. The number of hydrogen-bond acceptors (Lipinski definition) is 4. The van der Waals surface area contributed by atoms with Crippen LogP contribution < -0.4 is 0 Å². The van der Waals surface area contributed by atoms with E-state index in [0.717, 1.165) is 11.0 Å². The Morgan fingerprint density at radius 1 is 0.312 bits per heavy atom. The van der Waals surface area contributed by atoms with Crippen LogP contribution in [0.5, 0.6) is 0 Å². The van der Waals surface area contributed by atoms with Gasteiger partial charge in [-0.15, -0.1) is 0 Å². The second kappa shape index (κ2) is 22.4. The van der Waals surface area contributed by atoms with Crippen molar-refractivity contribution < 1.29 is 0 Å². The molecule has 336 valence electrons. The van der Waals surface area contributed by atoms with E-state index in [-0.39, 0.29) is 0 Å². The van der Waals surface area contributed by atoms with Crippen LogP contribution in [0.3, 0.4) is 0 Å². The maximum absolute atomic E-state index is 4.50. The number of hydrogen-bond donors (Lipinski definition) is 0. The molecule has 4 heteroatoms. The van der Waals surface area contributed by atoms with E-state index in [1.165, 1.54) is 76.8 Å². The predicted octanol–water partition coefficient (Wildman–Crippen LogP) is 17.9. The van der Waals surface area contributed by atoms with Gasteiger partial charge in [0.05, 0.1) is 11.0 Å². The van der Waals surface area contributed by atoms with Gasteiger partial charge in [-0.2, -0.15) is 0 Å². The molecule has 0 fully saturated rings. The molecule has 4 heterocycles. The zero-order chi connectivity index (χ0) is 46.8. The number of nitrogens with zero attached hydrogens (tertiary/aromatic N) is 4. The predicted molar refractivity (Wildman–Crippen MR) is 280 cm³/mol. The van der Waals surface area contributed by atoms with Crippen molar-refractivity contribution in [2.75, 3.05) is 0 Å². The van der Waals surface area contributed by atoms with Crippen molar-refractivity contribution in [1.82, 2.24) is 19.9 Å². The molecular weight excluding hydrogens is 777 g/mol. The van der Waals surface area contributed by atoms with Crippen LogP contribution in [-0.4, -0.2) is 19.9 Å². The number of rotatable bonds is 8. The van der Waals surface area contributed by atoms with Crippen molar-refractivity contribution >= 4 is 43.4 Å². The number of pyridine rings is 4. The second-order valence-electron chi connectivity index (χ2n) is 20.0. The quantitative estimate of drug-likeness (QED) is 0.153. The lowest BCUT2D eigenvalue weighted by Gasteiger charge is -2.14. The second-order valence-corrected chi connectivity index (χ2v) is 20.0. The third kappa shape index (κ3) is 12.4. The highest BCUT2D eigenvalue weighted by molar-refractivity contribution is 5.87. The Morgan fingerprint density at radius 3 is 1.31 bits per heavy atom. The molecule has 0 radical (unpaired) electrons. The molecule has 0 atom stereocenters. The molecule has 4 aromatic carbocycles. The summed E-state index contributed by atoms with van der Waals surface area (Å²) >= 11 is 0. The first-order valence-electron chi connectivity index (χ1n) is 23.9. The molecule has 4 nitrogen and oxygen atoms in total. The molecule has 0 aliphatic rings. The molecule has 0 N–H and O–H groups in total. The van der Waals surface area contributed by atoms with Crippen molar-refractivity contribution in [2.24, 2.45) is 0 Å². The van der Waals surface area contributed by atoms with Gasteiger partial charge in [0.2, 0.25) is 0 Å². The Labute approximate surface area is 386 Å². The first kappa shape index (κ1) is 49.5. The van der Waals surface area contributed by atoms with Gasteiger partial charge in [0.15, 0.2) is 0 Å². The molecule has 0 unspecified atom stereocenters. The topological polar surface area (TPSA) is 51.6 Å². The third-order valence-corrected chi connectivity index (χ3v) is 12.3. The molecule has 0 saturated carbocycles. The van der Waals surface area contributed by atoms with E-state index in [1.54, 1.807) is 0 Å². The summed E-state index contributed by atoms with van der Waals surface area (Å²) in [4.78, 5) is 17.4. The largest absolute Gasteiger partial charge is 0.264 e. The monoisotopic (exact) mass is 853 g/mol. The van der Waals surface area contributed by atoms with Crippen molar-refractivity contribution in [3.63, 3.8) is 0 Å². The molecule has 0 aliphatic heterocycles. The van der Waals surface area contributed by atoms with E-state index in [0.29, 0.717) is 47.3 Å². The fourth-order valence-corrected chi connectivity index (χ4v) is 8.20. The Hall–Kier alpha value is -5.48. The molecule has 0 spiro atoms. The lowest BCUT2D eigenvalue weighted by atomic mass is 9.91. The van der Waals surface area contributed by atoms with Gasteiger partial charge in [-0.05, 0) is 145 Å². The highest BCUT2D eigenvalue weighted by atomic mass is 14.7. The van der Waals surface area contributed by atoms with E-state index in [1.807, 2.05) is 49.3 Å². The number of aromatic nitrogens is 4.